The second-order valence-electron chi connectivity index (χ2n) is 10.2. The molecule has 0 saturated carbocycles. The van der Waals surface area contributed by atoms with E-state index in [4.69, 9.17) is 4.74 Å². The quantitative estimate of drug-likeness (QED) is 0.476. The molecule has 0 spiro atoms. The predicted octanol–water partition coefficient (Wildman–Crippen LogP) is 2.79. The molecular formula is C28H37N5O5S. The Balaban J connectivity index is 1.55. The zero-order chi connectivity index (χ0) is 28.0. The van der Waals surface area contributed by atoms with Crippen molar-refractivity contribution >= 4 is 15.9 Å². The Labute approximate surface area is 230 Å². The molecule has 1 N–H and O–H groups in total. The largest absolute Gasteiger partial charge is 0.394 e. The van der Waals surface area contributed by atoms with Crippen molar-refractivity contribution in [2.45, 2.75) is 56.9 Å². The van der Waals surface area contributed by atoms with Crippen molar-refractivity contribution in [1.82, 2.24) is 24.2 Å². The van der Waals surface area contributed by atoms with E-state index >= 15 is 0 Å². The molecule has 0 fully saturated rings. The summed E-state index contributed by atoms with van der Waals surface area (Å²) < 4.78 is 36.2. The zero-order valence-electron chi connectivity index (χ0n) is 22.7. The number of sulfonamides is 1. The van der Waals surface area contributed by atoms with Crippen molar-refractivity contribution in [2.24, 2.45) is 5.92 Å². The third kappa shape index (κ3) is 7.10. The standard InChI is InChI=1S/C28H37N5O5S/c1-21-16-33(22(2)19-34)28(35)10-7-15-32-17-25(29-30-32)20-38-27(21)18-31(3)39(36,37)26-13-11-24(12-14-26)23-8-5-4-6-9-23/h4-6,8-9,11-14,17,21-22,27,34H,7,10,15-16,18-20H2,1-3H3/t21-,22+,27+/m0/s1. The number of amides is 1. The van der Waals surface area contributed by atoms with Gasteiger partial charge in [0, 0.05) is 39.0 Å². The molecule has 0 unspecified atom stereocenters. The van der Waals surface area contributed by atoms with Gasteiger partial charge in [0.05, 0.1) is 36.5 Å². The van der Waals surface area contributed by atoms with Gasteiger partial charge in [-0.15, -0.1) is 5.10 Å². The van der Waals surface area contributed by atoms with Crippen molar-refractivity contribution in [3.05, 3.63) is 66.5 Å². The fourth-order valence-electron chi connectivity index (χ4n) is 4.67. The SMILES string of the molecule is C[C@H](CO)N1C[C@H](C)[C@@H](CN(C)S(=O)(=O)c2ccc(-c3ccccc3)cc2)OCc2cn(nn2)CCCC1=O. The van der Waals surface area contributed by atoms with E-state index in [1.807, 2.05) is 37.3 Å². The highest BCUT2D eigenvalue weighted by Crippen LogP contribution is 2.24. The highest BCUT2D eigenvalue weighted by Gasteiger charge is 2.31. The van der Waals surface area contributed by atoms with Gasteiger partial charge in [0.25, 0.3) is 0 Å². The van der Waals surface area contributed by atoms with Crippen molar-refractivity contribution < 1.29 is 23.1 Å². The number of hydrogen-bond donors (Lipinski definition) is 1. The number of benzene rings is 2. The number of rotatable bonds is 7. The van der Waals surface area contributed by atoms with E-state index in [2.05, 4.69) is 10.3 Å². The number of aromatic nitrogens is 3. The van der Waals surface area contributed by atoms with E-state index in [-0.39, 0.29) is 42.5 Å². The minimum Gasteiger partial charge on any atom is -0.394 e. The summed E-state index contributed by atoms with van der Waals surface area (Å²) in [7, 11) is -2.27. The van der Waals surface area contributed by atoms with Gasteiger partial charge in [-0.05, 0) is 36.6 Å². The van der Waals surface area contributed by atoms with Gasteiger partial charge in [0.1, 0.15) is 5.69 Å². The lowest BCUT2D eigenvalue weighted by Gasteiger charge is -2.35. The molecule has 2 bridgehead atoms. The number of nitrogens with zero attached hydrogens (tertiary/aromatic N) is 5. The first-order valence-corrected chi connectivity index (χ1v) is 14.7. The summed E-state index contributed by atoms with van der Waals surface area (Å²) in [6.45, 7) is 4.69. The molecule has 11 heteroatoms. The number of aryl methyl sites for hydroxylation is 1. The molecule has 10 nitrogen and oxygen atoms in total. The molecule has 3 aromatic rings. The molecule has 3 atom stereocenters. The van der Waals surface area contributed by atoms with Crippen LogP contribution in [0.4, 0.5) is 0 Å². The molecule has 0 radical (unpaired) electrons. The maximum absolute atomic E-state index is 13.5. The highest BCUT2D eigenvalue weighted by atomic mass is 32.2. The average Bonchev–Trinajstić information content (AvgIpc) is 3.41. The zero-order valence-corrected chi connectivity index (χ0v) is 23.5. The fourth-order valence-corrected chi connectivity index (χ4v) is 5.86. The summed E-state index contributed by atoms with van der Waals surface area (Å²) >= 11 is 0. The Hall–Kier alpha value is -3.12. The lowest BCUT2D eigenvalue weighted by Crippen LogP contribution is -2.47. The topological polar surface area (TPSA) is 118 Å². The summed E-state index contributed by atoms with van der Waals surface area (Å²) in [6.07, 6.45) is 2.15. The Kier molecular flexibility index (Phi) is 9.49. The lowest BCUT2D eigenvalue weighted by atomic mass is 10.0. The van der Waals surface area contributed by atoms with Crippen LogP contribution in [0.1, 0.15) is 32.4 Å². The number of aliphatic hydroxyl groups excluding tert-OH is 1. The molecule has 1 aromatic heterocycles. The number of hydrogen-bond acceptors (Lipinski definition) is 7. The predicted molar refractivity (Wildman–Crippen MR) is 147 cm³/mol. The minimum atomic E-state index is -3.81. The Morgan fingerprint density at radius 1 is 1.13 bits per heavy atom. The van der Waals surface area contributed by atoms with Crippen LogP contribution in [0.2, 0.25) is 0 Å². The molecule has 39 heavy (non-hydrogen) atoms. The summed E-state index contributed by atoms with van der Waals surface area (Å²) in [6, 6.07) is 16.2. The van der Waals surface area contributed by atoms with Gasteiger partial charge < -0.3 is 14.7 Å². The van der Waals surface area contributed by atoms with Crippen LogP contribution in [0.3, 0.4) is 0 Å². The number of carbonyl (C=O) groups is 1. The lowest BCUT2D eigenvalue weighted by molar-refractivity contribution is -0.136. The highest BCUT2D eigenvalue weighted by molar-refractivity contribution is 7.89. The minimum absolute atomic E-state index is 0.0683. The van der Waals surface area contributed by atoms with Gasteiger partial charge in [-0.3, -0.25) is 9.48 Å². The van der Waals surface area contributed by atoms with Crippen LogP contribution in [0.15, 0.2) is 65.7 Å². The molecule has 1 aliphatic rings. The van der Waals surface area contributed by atoms with Crippen LogP contribution in [0, 0.1) is 5.92 Å². The fraction of sp³-hybridized carbons (Fsp3) is 0.464. The number of likely N-dealkylation sites (N-methyl/N-ethyl adjacent to an activating group) is 1. The van der Waals surface area contributed by atoms with Crippen LogP contribution in [-0.2, 0) is 32.7 Å². The van der Waals surface area contributed by atoms with Gasteiger partial charge in [-0.1, -0.05) is 54.6 Å². The Morgan fingerprint density at radius 2 is 1.82 bits per heavy atom. The third-order valence-electron chi connectivity index (χ3n) is 7.15. The number of ether oxygens (including phenoxy) is 1. The molecule has 0 aliphatic carbocycles. The molecule has 0 saturated heterocycles. The molecule has 210 valence electrons. The third-order valence-corrected chi connectivity index (χ3v) is 8.99. The van der Waals surface area contributed by atoms with E-state index < -0.39 is 16.1 Å². The van der Waals surface area contributed by atoms with E-state index in [0.717, 1.165) is 11.1 Å². The summed E-state index contributed by atoms with van der Waals surface area (Å²) in [5.74, 6) is -0.293. The maximum atomic E-state index is 13.5. The van der Waals surface area contributed by atoms with Crippen LogP contribution in [-0.4, -0.2) is 82.5 Å². The first kappa shape index (κ1) is 28.9. The van der Waals surface area contributed by atoms with Gasteiger partial charge in [0.2, 0.25) is 15.9 Å². The summed E-state index contributed by atoms with van der Waals surface area (Å²) in [5, 5.41) is 18.1. The molecule has 2 heterocycles. The van der Waals surface area contributed by atoms with Crippen LogP contribution < -0.4 is 0 Å². The maximum Gasteiger partial charge on any atom is 0.242 e. The van der Waals surface area contributed by atoms with E-state index in [0.29, 0.717) is 31.6 Å². The van der Waals surface area contributed by atoms with Crippen molar-refractivity contribution in [3.8, 4) is 11.1 Å². The molecular weight excluding hydrogens is 518 g/mol. The van der Waals surface area contributed by atoms with Crippen molar-refractivity contribution in [1.29, 1.82) is 0 Å². The first-order chi connectivity index (χ1) is 18.7. The van der Waals surface area contributed by atoms with Crippen molar-refractivity contribution in [3.63, 3.8) is 0 Å². The van der Waals surface area contributed by atoms with Gasteiger partial charge >= 0.3 is 0 Å². The van der Waals surface area contributed by atoms with Crippen LogP contribution in [0.5, 0.6) is 0 Å². The molecule has 4 rings (SSSR count). The van der Waals surface area contributed by atoms with Crippen molar-refractivity contribution in [2.75, 3.05) is 26.7 Å². The average molecular weight is 556 g/mol. The second kappa shape index (κ2) is 12.8. The van der Waals surface area contributed by atoms with Crippen LogP contribution >= 0.6 is 0 Å². The smallest absolute Gasteiger partial charge is 0.242 e. The van der Waals surface area contributed by atoms with E-state index in [9.17, 15) is 18.3 Å². The van der Waals surface area contributed by atoms with Crippen LogP contribution in [0.25, 0.3) is 11.1 Å². The van der Waals surface area contributed by atoms with Gasteiger partial charge in [-0.25, -0.2) is 8.42 Å². The number of aliphatic hydroxyl groups is 1. The summed E-state index contributed by atoms with van der Waals surface area (Å²) in [5.41, 5.74) is 2.58. The molecule has 1 aliphatic heterocycles. The number of fused-ring (bicyclic) bond motifs is 2. The second-order valence-corrected chi connectivity index (χ2v) is 12.2. The normalized spacial score (nSPS) is 20.2. The molecule has 1 amide bonds. The summed E-state index contributed by atoms with van der Waals surface area (Å²) in [4.78, 5) is 14.9. The Morgan fingerprint density at radius 3 is 2.51 bits per heavy atom. The van der Waals surface area contributed by atoms with Gasteiger partial charge in [-0.2, -0.15) is 4.31 Å². The first-order valence-electron chi connectivity index (χ1n) is 13.2. The Bertz CT molecular complexity index is 1330. The van der Waals surface area contributed by atoms with E-state index in [1.165, 1.54) is 11.4 Å². The number of carbonyl (C=O) groups excluding carboxylic acids is 1. The molecule has 2 aromatic carbocycles. The van der Waals surface area contributed by atoms with Gasteiger partial charge in [0.15, 0.2) is 0 Å². The van der Waals surface area contributed by atoms with E-state index in [1.54, 1.807) is 47.0 Å². The monoisotopic (exact) mass is 555 g/mol.